The number of rotatable bonds is 2. The van der Waals surface area contributed by atoms with Crippen LogP contribution in [0, 0.1) is 18.3 Å². The normalized spacial score (nSPS) is 10.2. The Labute approximate surface area is 135 Å². The van der Waals surface area contributed by atoms with Crippen molar-refractivity contribution in [2.24, 2.45) is 0 Å². The molecule has 1 aromatic carbocycles. The summed E-state index contributed by atoms with van der Waals surface area (Å²) in [4.78, 5) is 5.65. The molecule has 0 bridgehead atoms. The molecule has 0 radical (unpaired) electrons. The van der Waals surface area contributed by atoms with Crippen molar-refractivity contribution in [3.05, 3.63) is 47.7 Å². The van der Waals surface area contributed by atoms with Crippen molar-refractivity contribution in [1.82, 2.24) is 4.98 Å². The Morgan fingerprint density at radius 1 is 1.17 bits per heavy atom. The molecule has 7 nitrogen and oxygen atoms in total. The van der Waals surface area contributed by atoms with E-state index in [0.29, 0.717) is 11.5 Å². The highest BCUT2D eigenvalue weighted by Crippen LogP contribution is 2.16. The Balaban J connectivity index is 0.000000231. The fourth-order valence-corrected chi connectivity index (χ4v) is 2.10. The van der Waals surface area contributed by atoms with Gasteiger partial charge in [-0.2, -0.15) is 13.7 Å². The number of aromatic nitrogens is 1. The maximum atomic E-state index is 10.5. The van der Waals surface area contributed by atoms with Crippen molar-refractivity contribution in [1.29, 1.82) is 5.26 Å². The van der Waals surface area contributed by atoms with Gasteiger partial charge in [-0.25, -0.2) is 4.98 Å². The molecular formula is C15H18N4O3S. The lowest BCUT2D eigenvalue weighted by Gasteiger charge is -2.12. The molecule has 23 heavy (non-hydrogen) atoms. The third kappa shape index (κ3) is 5.58. The second-order valence-corrected chi connectivity index (χ2v) is 6.32. The van der Waals surface area contributed by atoms with Gasteiger partial charge in [0.25, 0.3) is 10.1 Å². The molecule has 0 aliphatic carbocycles. The predicted octanol–water partition coefficient (Wildman–Crippen LogP) is 1.84. The van der Waals surface area contributed by atoms with Crippen molar-refractivity contribution < 1.29 is 13.0 Å². The molecule has 0 unspecified atom stereocenters. The van der Waals surface area contributed by atoms with Gasteiger partial charge in [-0.3, -0.25) is 4.55 Å². The highest BCUT2D eigenvalue weighted by Gasteiger charge is 2.07. The van der Waals surface area contributed by atoms with Gasteiger partial charge in [-0.05, 0) is 31.2 Å². The number of benzene rings is 1. The van der Waals surface area contributed by atoms with Crippen LogP contribution in [-0.2, 0) is 10.1 Å². The summed E-state index contributed by atoms with van der Waals surface area (Å²) in [6.45, 7) is 1.84. The Morgan fingerprint density at radius 2 is 1.74 bits per heavy atom. The van der Waals surface area contributed by atoms with E-state index in [1.165, 1.54) is 12.1 Å². The van der Waals surface area contributed by atoms with Crippen LogP contribution < -0.4 is 10.6 Å². The monoisotopic (exact) mass is 334 g/mol. The summed E-state index contributed by atoms with van der Waals surface area (Å²) in [6.07, 6.45) is 0. The summed E-state index contributed by atoms with van der Waals surface area (Å²) in [5.41, 5.74) is 7.52. The number of pyridine rings is 1. The average Bonchev–Trinajstić information content (AvgIpc) is 2.47. The Morgan fingerprint density at radius 3 is 2.17 bits per heavy atom. The molecule has 2 aromatic rings. The number of nitriles is 1. The van der Waals surface area contributed by atoms with E-state index in [0.717, 1.165) is 11.3 Å². The second-order valence-electron chi connectivity index (χ2n) is 4.90. The summed E-state index contributed by atoms with van der Waals surface area (Å²) in [5, 5.41) is 8.70. The van der Waals surface area contributed by atoms with Crippen molar-refractivity contribution in [3.8, 4) is 6.07 Å². The number of nitrogens with two attached hydrogens (primary N) is 1. The van der Waals surface area contributed by atoms with Crippen LogP contribution in [0.15, 0.2) is 41.3 Å². The van der Waals surface area contributed by atoms with Crippen LogP contribution in [0.1, 0.15) is 11.3 Å². The summed E-state index contributed by atoms with van der Waals surface area (Å²) in [5.74, 6) is 0.372. The van der Waals surface area contributed by atoms with Crippen LogP contribution in [0.5, 0.6) is 0 Å². The summed E-state index contributed by atoms with van der Waals surface area (Å²) >= 11 is 0. The SMILES string of the molecule is CN(C)c1ccc(N)nc1C#N.Cc1ccc(S(=O)(=O)O)cc1. The third-order valence-corrected chi connectivity index (χ3v) is 3.67. The lowest BCUT2D eigenvalue weighted by molar-refractivity contribution is 0.483. The van der Waals surface area contributed by atoms with Gasteiger partial charge in [-0.1, -0.05) is 17.7 Å². The van der Waals surface area contributed by atoms with Crippen LogP contribution in [0.3, 0.4) is 0 Å². The van der Waals surface area contributed by atoms with Crippen LogP contribution in [-0.4, -0.2) is 32.0 Å². The molecule has 8 heteroatoms. The molecule has 0 aliphatic rings. The molecule has 1 aromatic heterocycles. The Bertz CT molecular complexity index is 810. The van der Waals surface area contributed by atoms with E-state index < -0.39 is 10.1 Å². The van der Waals surface area contributed by atoms with E-state index in [2.05, 4.69) is 4.98 Å². The zero-order valence-electron chi connectivity index (χ0n) is 13.1. The number of hydrogen-bond donors (Lipinski definition) is 2. The zero-order chi connectivity index (χ0) is 17.6. The number of nitrogens with zero attached hydrogens (tertiary/aromatic N) is 3. The van der Waals surface area contributed by atoms with E-state index in [4.69, 9.17) is 15.5 Å². The number of hydrogen-bond acceptors (Lipinski definition) is 6. The Hall–Kier alpha value is -2.63. The molecule has 0 fully saturated rings. The first-order valence-electron chi connectivity index (χ1n) is 6.53. The quantitative estimate of drug-likeness (QED) is 0.804. The minimum absolute atomic E-state index is 0.0666. The molecule has 1 heterocycles. The molecule has 0 saturated carbocycles. The first kappa shape index (κ1) is 18.4. The van der Waals surface area contributed by atoms with E-state index >= 15 is 0 Å². The summed E-state index contributed by atoms with van der Waals surface area (Å²) in [6, 6.07) is 11.4. The van der Waals surface area contributed by atoms with Gasteiger partial charge in [0.15, 0.2) is 5.69 Å². The number of aryl methyl sites for hydroxylation is 1. The standard InChI is InChI=1S/C8H10N4.C7H8O3S/c1-12(2)7-3-4-8(10)11-6(7)5-9;1-6-2-4-7(5-3-6)11(8,9)10/h3-4H,1-2H3,(H2,10,11);2-5H,1H3,(H,8,9,10). The first-order chi connectivity index (χ1) is 10.6. The molecule has 0 atom stereocenters. The van der Waals surface area contributed by atoms with Crippen LogP contribution >= 0.6 is 0 Å². The molecule has 2 rings (SSSR count). The topological polar surface area (TPSA) is 120 Å². The van der Waals surface area contributed by atoms with Gasteiger partial charge < -0.3 is 10.6 Å². The average molecular weight is 334 g/mol. The maximum absolute atomic E-state index is 10.5. The highest BCUT2D eigenvalue weighted by molar-refractivity contribution is 7.85. The van der Waals surface area contributed by atoms with Crippen LogP contribution in [0.4, 0.5) is 11.5 Å². The van der Waals surface area contributed by atoms with Gasteiger partial charge in [0.2, 0.25) is 0 Å². The maximum Gasteiger partial charge on any atom is 0.294 e. The minimum atomic E-state index is -4.02. The van der Waals surface area contributed by atoms with E-state index in [9.17, 15) is 8.42 Å². The highest BCUT2D eigenvalue weighted by atomic mass is 32.2. The molecule has 122 valence electrons. The number of nitrogen functional groups attached to an aromatic ring is 1. The first-order valence-corrected chi connectivity index (χ1v) is 7.97. The van der Waals surface area contributed by atoms with Crippen LogP contribution in [0.2, 0.25) is 0 Å². The van der Waals surface area contributed by atoms with Gasteiger partial charge in [0.05, 0.1) is 10.6 Å². The van der Waals surface area contributed by atoms with Crippen molar-refractivity contribution in [3.63, 3.8) is 0 Å². The molecule has 0 aliphatic heterocycles. The third-order valence-electron chi connectivity index (χ3n) is 2.80. The van der Waals surface area contributed by atoms with E-state index in [1.54, 1.807) is 24.3 Å². The summed E-state index contributed by atoms with van der Waals surface area (Å²) in [7, 11) is -0.309. The van der Waals surface area contributed by atoms with Crippen LogP contribution in [0.25, 0.3) is 0 Å². The zero-order valence-corrected chi connectivity index (χ0v) is 13.9. The Kier molecular flexibility index (Phi) is 6.07. The van der Waals surface area contributed by atoms with Gasteiger partial charge in [-0.15, -0.1) is 0 Å². The largest absolute Gasteiger partial charge is 0.384 e. The second kappa shape index (κ2) is 7.58. The smallest absolute Gasteiger partial charge is 0.294 e. The molecule has 0 amide bonds. The molecule has 3 N–H and O–H groups in total. The predicted molar refractivity (Wildman–Crippen MR) is 88.7 cm³/mol. The molecule has 0 spiro atoms. The summed E-state index contributed by atoms with van der Waals surface area (Å²) < 4.78 is 29.6. The lowest BCUT2D eigenvalue weighted by Crippen LogP contribution is -2.11. The van der Waals surface area contributed by atoms with Gasteiger partial charge in [0, 0.05) is 14.1 Å². The fourth-order valence-electron chi connectivity index (χ4n) is 1.62. The van der Waals surface area contributed by atoms with E-state index in [1.807, 2.05) is 32.0 Å². The van der Waals surface area contributed by atoms with Gasteiger partial charge >= 0.3 is 0 Å². The molecular weight excluding hydrogens is 316 g/mol. The lowest BCUT2D eigenvalue weighted by atomic mass is 10.2. The van der Waals surface area contributed by atoms with Crippen molar-refractivity contribution in [2.75, 3.05) is 24.7 Å². The van der Waals surface area contributed by atoms with Crippen molar-refractivity contribution >= 4 is 21.6 Å². The van der Waals surface area contributed by atoms with Gasteiger partial charge in [0.1, 0.15) is 11.9 Å². The molecule has 0 saturated heterocycles. The number of anilines is 2. The minimum Gasteiger partial charge on any atom is -0.384 e. The fraction of sp³-hybridized carbons (Fsp3) is 0.200. The van der Waals surface area contributed by atoms with Crippen molar-refractivity contribution in [2.45, 2.75) is 11.8 Å². The van der Waals surface area contributed by atoms with E-state index in [-0.39, 0.29) is 4.90 Å².